The summed E-state index contributed by atoms with van der Waals surface area (Å²) in [5, 5.41) is 4.26. The highest BCUT2D eigenvalue weighted by Gasteiger charge is 2.15. The highest BCUT2D eigenvalue weighted by atomic mass is 32.2. The van der Waals surface area contributed by atoms with Gasteiger partial charge in [0.2, 0.25) is 0 Å². The molecule has 3 nitrogen and oxygen atoms in total. The van der Waals surface area contributed by atoms with Crippen LogP contribution < -0.4 is 5.32 Å². The zero-order valence-corrected chi connectivity index (χ0v) is 13.0. The topological polar surface area (TPSA) is 18.5 Å². The van der Waals surface area contributed by atoms with Gasteiger partial charge >= 0.3 is 0 Å². The van der Waals surface area contributed by atoms with Gasteiger partial charge in [-0.3, -0.25) is 0 Å². The van der Waals surface area contributed by atoms with E-state index in [1.165, 1.54) is 4.90 Å². The molecule has 104 valence electrons. The third kappa shape index (κ3) is 5.01. The normalized spacial score (nSPS) is 16.4. The highest BCUT2D eigenvalue weighted by molar-refractivity contribution is 7.99. The molecule has 0 aromatic heterocycles. The van der Waals surface area contributed by atoms with E-state index in [-0.39, 0.29) is 0 Å². The van der Waals surface area contributed by atoms with E-state index in [0.29, 0.717) is 0 Å². The first-order chi connectivity index (χ1) is 9.25. The van der Waals surface area contributed by atoms with Crippen LogP contribution in [0.15, 0.2) is 35.2 Å². The average Bonchev–Trinajstić information content (AvgIpc) is 2.45. The fraction of sp³-hybridized carbons (Fsp3) is 0.500. The molecule has 1 saturated heterocycles. The molecule has 1 aliphatic heterocycles. The van der Waals surface area contributed by atoms with Gasteiger partial charge in [-0.05, 0) is 31.4 Å². The van der Waals surface area contributed by atoms with Gasteiger partial charge in [0.25, 0.3) is 0 Å². The molecule has 0 unspecified atom stereocenters. The van der Waals surface area contributed by atoms with Crippen LogP contribution in [0.2, 0.25) is 0 Å². The van der Waals surface area contributed by atoms with Crippen LogP contribution in [0, 0.1) is 0 Å². The molecule has 5 heteroatoms. The van der Waals surface area contributed by atoms with Gasteiger partial charge in [-0.25, -0.2) is 0 Å². The third-order valence-electron chi connectivity index (χ3n) is 3.18. The van der Waals surface area contributed by atoms with E-state index in [2.05, 4.69) is 46.4 Å². The minimum atomic E-state index is 0.904. The van der Waals surface area contributed by atoms with Gasteiger partial charge in [-0.1, -0.05) is 18.2 Å². The van der Waals surface area contributed by atoms with Crippen molar-refractivity contribution < 1.29 is 0 Å². The van der Waals surface area contributed by atoms with E-state index < -0.39 is 0 Å². The van der Waals surface area contributed by atoms with Crippen LogP contribution in [0.5, 0.6) is 0 Å². The maximum absolute atomic E-state index is 5.43. The van der Waals surface area contributed by atoms with Crippen molar-refractivity contribution in [1.82, 2.24) is 15.1 Å². The summed E-state index contributed by atoms with van der Waals surface area (Å²) in [7, 11) is 2.16. The maximum atomic E-state index is 5.43. The number of thioether (sulfide) groups is 1. The second kappa shape index (κ2) is 7.72. The number of benzene rings is 1. The Bertz CT molecular complexity index is 389. The van der Waals surface area contributed by atoms with Crippen molar-refractivity contribution in [3.8, 4) is 0 Å². The molecule has 0 amide bonds. The number of nitrogens with one attached hydrogen (secondary N) is 1. The lowest BCUT2D eigenvalue weighted by atomic mass is 10.3. The fourth-order valence-electron chi connectivity index (χ4n) is 1.96. The van der Waals surface area contributed by atoms with Crippen molar-refractivity contribution in [3.63, 3.8) is 0 Å². The number of likely N-dealkylation sites (N-methyl/N-ethyl adjacent to an activating group) is 1. The van der Waals surface area contributed by atoms with Gasteiger partial charge in [0, 0.05) is 43.4 Å². The molecule has 1 heterocycles. The van der Waals surface area contributed by atoms with Crippen LogP contribution in [0.3, 0.4) is 0 Å². The van der Waals surface area contributed by atoms with Crippen LogP contribution in [0.4, 0.5) is 0 Å². The number of nitrogens with zero attached hydrogens (tertiary/aromatic N) is 2. The van der Waals surface area contributed by atoms with E-state index in [4.69, 9.17) is 12.2 Å². The molecule has 1 aromatic carbocycles. The van der Waals surface area contributed by atoms with Gasteiger partial charge in [-0.2, -0.15) is 0 Å². The minimum absolute atomic E-state index is 0.904. The Balaban J connectivity index is 1.61. The first-order valence-corrected chi connectivity index (χ1v) is 8.04. The lowest BCUT2D eigenvalue weighted by Gasteiger charge is -2.34. The summed E-state index contributed by atoms with van der Waals surface area (Å²) < 4.78 is 0. The fourth-order valence-corrected chi connectivity index (χ4v) is 3.04. The van der Waals surface area contributed by atoms with Gasteiger partial charge in [0.05, 0.1) is 0 Å². The molecule has 1 fully saturated rings. The van der Waals surface area contributed by atoms with Gasteiger partial charge in [0.1, 0.15) is 0 Å². The predicted molar refractivity (Wildman–Crippen MR) is 86.8 cm³/mol. The molecule has 1 aliphatic rings. The quantitative estimate of drug-likeness (QED) is 0.518. The molecule has 0 aliphatic carbocycles. The number of hydrogen-bond donors (Lipinski definition) is 1. The Kier molecular flexibility index (Phi) is 5.94. The number of piperazine rings is 1. The molecule has 1 N–H and O–H groups in total. The Labute approximate surface area is 125 Å². The first-order valence-electron chi connectivity index (χ1n) is 6.65. The van der Waals surface area contributed by atoms with Gasteiger partial charge in [0.15, 0.2) is 5.11 Å². The molecular weight excluding hydrogens is 274 g/mol. The molecule has 0 atom stereocenters. The van der Waals surface area contributed by atoms with Crippen molar-refractivity contribution in [2.45, 2.75) is 4.90 Å². The monoisotopic (exact) mass is 295 g/mol. The molecule has 1 aromatic rings. The van der Waals surface area contributed by atoms with Crippen LogP contribution in [0.1, 0.15) is 0 Å². The first kappa shape index (κ1) is 14.6. The number of hydrogen-bond acceptors (Lipinski definition) is 3. The van der Waals surface area contributed by atoms with Crippen LogP contribution in [0.25, 0.3) is 0 Å². The second-order valence-electron chi connectivity index (χ2n) is 4.68. The van der Waals surface area contributed by atoms with E-state index >= 15 is 0 Å². The standard InChI is InChI=1S/C14H21N3S2/c1-16-8-10-17(11-9-16)14(18)15-7-12-19-13-5-3-2-4-6-13/h2-6H,7-12H2,1H3,(H,15,18). The van der Waals surface area contributed by atoms with Crippen LogP contribution in [-0.4, -0.2) is 60.4 Å². The summed E-state index contributed by atoms with van der Waals surface area (Å²) in [6.45, 7) is 5.19. The summed E-state index contributed by atoms with van der Waals surface area (Å²) in [5.74, 6) is 1.04. The Hall–Kier alpha value is -0.780. The van der Waals surface area contributed by atoms with Crippen molar-refractivity contribution in [2.24, 2.45) is 0 Å². The van der Waals surface area contributed by atoms with Gasteiger partial charge < -0.3 is 15.1 Å². The molecular formula is C14H21N3S2. The lowest BCUT2D eigenvalue weighted by molar-refractivity contribution is 0.214. The van der Waals surface area contributed by atoms with Gasteiger partial charge in [-0.15, -0.1) is 11.8 Å². The Morgan fingerprint density at radius 3 is 2.58 bits per heavy atom. The second-order valence-corrected chi connectivity index (χ2v) is 6.24. The van der Waals surface area contributed by atoms with Crippen molar-refractivity contribution in [1.29, 1.82) is 0 Å². The summed E-state index contributed by atoms with van der Waals surface area (Å²) in [6, 6.07) is 10.5. The average molecular weight is 295 g/mol. The molecule has 0 bridgehead atoms. The summed E-state index contributed by atoms with van der Waals surface area (Å²) >= 11 is 7.29. The minimum Gasteiger partial charge on any atom is -0.362 e. The Morgan fingerprint density at radius 1 is 1.21 bits per heavy atom. The summed E-state index contributed by atoms with van der Waals surface area (Å²) in [6.07, 6.45) is 0. The van der Waals surface area contributed by atoms with E-state index in [1.54, 1.807) is 0 Å². The van der Waals surface area contributed by atoms with E-state index in [1.807, 2.05) is 17.8 Å². The van der Waals surface area contributed by atoms with Crippen molar-refractivity contribution >= 4 is 29.1 Å². The zero-order valence-electron chi connectivity index (χ0n) is 11.3. The molecule has 0 saturated carbocycles. The molecule has 19 heavy (non-hydrogen) atoms. The van der Waals surface area contributed by atoms with Crippen molar-refractivity contribution in [2.75, 3.05) is 45.5 Å². The highest BCUT2D eigenvalue weighted by Crippen LogP contribution is 2.15. The SMILES string of the molecule is CN1CCN(C(=S)NCCSc2ccccc2)CC1. The van der Waals surface area contributed by atoms with Crippen LogP contribution in [-0.2, 0) is 0 Å². The smallest absolute Gasteiger partial charge is 0.169 e. The van der Waals surface area contributed by atoms with E-state index in [0.717, 1.165) is 43.6 Å². The molecule has 2 rings (SSSR count). The Morgan fingerprint density at radius 2 is 1.89 bits per heavy atom. The maximum Gasteiger partial charge on any atom is 0.169 e. The largest absolute Gasteiger partial charge is 0.362 e. The third-order valence-corrected chi connectivity index (χ3v) is 4.60. The number of rotatable bonds is 4. The number of thiocarbonyl (C=S) groups is 1. The predicted octanol–water partition coefficient (Wildman–Crippen LogP) is 1.90. The molecule has 0 radical (unpaired) electrons. The van der Waals surface area contributed by atoms with Crippen molar-refractivity contribution in [3.05, 3.63) is 30.3 Å². The summed E-state index contributed by atoms with van der Waals surface area (Å²) in [5.41, 5.74) is 0. The van der Waals surface area contributed by atoms with Crippen LogP contribution >= 0.6 is 24.0 Å². The zero-order chi connectivity index (χ0) is 13.5. The summed E-state index contributed by atoms with van der Waals surface area (Å²) in [4.78, 5) is 5.92. The lowest BCUT2D eigenvalue weighted by Crippen LogP contribution is -2.50. The van der Waals surface area contributed by atoms with E-state index in [9.17, 15) is 0 Å². The molecule has 0 spiro atoms.